The van der Waals surface area contributed by atoms with Gasteiger partial charge in [-0.1, -0.05) is 24.3 Å². The summed E-state index contributed by atoms with van der Waals surface area (Å²) in [6.07, 6.45) is 7.23. The molecule has 1 saturated heterocycles. The first-order valence-electron chi connectivity index (χ1n) is 11.1. The van der Waals surface area contributed by atoms with Gasteiger partial charge in [0, 0.05) is 30.9 Å². The molecule has 6 nitrogen and oxygen atoms in total. The van der Waals surface area contributed by atoms with Crippen LogP contribution in [0.15, 0.2) is 48.2 Å². The number of phenols is 1. The van der Waals surface area contributed by atoms with Gasteiger partial charge in [0.2, 0.25) is 5.95 Å². The van der Waals surface area contributed by atoms with Gasteiger partial charge >= 0.3 is 0 Å². The Balaban J connectivity index is 1.90. The molecule has 0 spiro atoms. The van der Waals surface area contributed by atoms with Crippen LogP contribution in [-0.2, 0) is 11.2 Å². The minimum absolute atomic E-state index is 0.176. The average Bonchev–Trinajstić information content (AvgIpc) is 3.24. The van der Waals surface area contributed by atoms with Crippen LogP contribution in [0, 0.1) is 11.6 Å². The largest absolute Gasteiger partial charge is 0.505 e. The number of hydrogen-bond donors (Lipinski definition) is 1. The predicted octanol–water partition coefficient (Wildman–Crippen LogP) is 4.75. The zero-order valence-corrected chi connectivity index (χ0v) is 18.9. The molecule has 4 rings (SSSR count). The second-order valence-electron chi connectivity index (χ2n) is 8.22. The first-order valence-corrected chi connectivity index (χ1v) is 11.1. The van der Waals surface area contributed by atoms with Crippen molar-refractivity contribution < 1.29 is 18.6 Å². The van der Waals surface area contributed by atoms with E-state index in [9.17, 15) is 13.9 Å². The molecule has 8 heteroatoms. The third kappa shape index (κ3) is 4.61. The summed E-state index contributed by atoms with van der Waals surface area (Å²) in [7, 11) is 0. The normalized spacial score (nSPS) is 16.5. The van der Waals surface area contributed by atoms with Crippen molar-refractivity contribution >= 4 is 11.8 Å². The number of hydrogen-bond acceptors (Lipinski definition) is 6. The Morgan fingerprint density at radius 2 is 1.97 bits per heavy atom. The van der Waals surface area contributed by atoms with Gasteiger partial charge in [-0.2, -0.15) is 4.98 Å². The molecule has 2 aliphatic heterocycles. The van der Waals surface area contributed by atoms with Gasteiger partial charge in [-0.25, -0.2) is 13.8 Å². The molecule has 1 N–H and O–H groups in total. The summed E-state index contributed by atoms with van der Waals surface area (Å²) in [6, 6.07) is 2.07. The average molecular weight is 455 g/mol. The highest BCUT2D eigenvalue weighted by molar-refractivity contribution is 5.76. The van der Waals surface area contributed by atoms with Gasteiger partial charge in [0.1, 0.15) is 11.6 Å². The fourth-order valence-corrected chi connectivity index (χ4v) is 4.08. The van der Waals surface area contributed by atoms with Crippen molar-refractivity contribution in [2.75, 3.05) is 42.6 Å². The third-order valence-corrected chi connectivity index (χ3v) is 5.72. The lowest BCUT2D eigenvalue weighted by molar-refractivity contribution is 0.122. The molecular formula is C25H28F2N4O2. The van der Waals surface area contributed by atoms with E-state index in [0.717, 1.165) is 23.4 Å². The lowest BCUT2D eigenvalue weighted by atomic mass is 10.0. The highest BCUT2D eigenvalue weighted by Gasteiger charge is 2.32. The number of rotatable bonds is 6. The number of benzene rings is 1. The molecule has 1 aromatic heterocycles. The Morgan fingerprint density at radius 3 is 2.67 bits per heavy atom. The number of nitrogens with zero attached hydrogens (tertiary/aromatic N) is 4. The first kappa shape index (κ1) is 22.9. The fraction of sp³-hybridized carbons (Fsp3) is 0.360. The van der Waals surface area contributed by atoms with Crippen molar-refractivity contribution in [2.45, 2.75) is 26.7 Å². The lowest BCUT2D eigenvalue weighted by Crippen LogP contribution is -2.37. The number of ether oxygens (including phenoxy) is 1. The van der Waals surface area contributed by atoms with Crippen molar-refractivity contribution in [2.24, 2.45) is 0 Å². The lowest BCUT2D eigenvalue weighted by Gasteiger charge is -2.28. The summed E-state index contributed by atoms with van der Waals surface area (Å²) in [5.41, 5.74) is 2.46. The zero-order chi connectivity index (χ0) is 23.5. The fourth-order valence-electron chi connectivity index (χ4n) is 4.08. The van der Waals surface area contributed by atoms with E-state index in [1.165, 1.54) is 0 Å². The molecular weight excluding hydrogens is 426 g/mol. The van der Waals surface area contributed by atoms with Crippen molar-refractivity contribution in [3.63, 3.8) is 0 Å². The molecule has 0 saturated carbocycles. The van der Waals surface area contributed by atoms with E-state index < -0.39 is 17.4 Å². The highest BCUT2D eigenvalue weighted by Crippen LogP contribution is 2.40. The molecule has 1 fully saturated rings. The van der Waals surface area contributed by atoms with Crippen LogP contribution in [0.25, 0.3) is 11.3 Å². The summed E-state index contributed by atoms with van der Waals surface area (Å²) in [5, 5.41) is 9.94. The Labute approximate surface area is 192 Å². The molecule has 1 aromatic carbocycles. The summed E-state index contributed by atoms with van der Waals surface area (Å²) in [6.45, 7) is 10.7. The number of halogens is 2. The molecule has 0 radical (unpaired) electrons. The van der Waals surface area contributed by atoms with Gasteiger partial charge in [-0.15, -0.1) is 0 Å². The maximum absolute atomic E-state index is 14.9. The van der Waals surface area contributed by atoms with Gasteiger partial charge in [-0.05, 0) is 44.9 Å². The number of morpholine rings is 1. The van der Waals surface area contributed by atoms with E-state index in [0.29, 0.717) is 63.0 Å². The maximum atomic E-state index is 14.9. The summed E-state index contributed by atoms with van der Waals surface area (Å²) < 4.78 is 35.2. The Morgan fingerprint density at radius 1 is 1.21 bits per heavy atom. The molecule has 2 aromatic rings. The SMILES string of the molecule is C=C(C)C/C=C(\C=C/C)N1CCc2c(-c3c(F)ccc(O)c3F)nc(N3CCOCC3)nc21. The standard InChI is InChI=1S/C25H28F2N4O2/c1-4-5-17(7-6-16(2)3)31-11-10-18-23(21-19(26)8-9-20(32)22(21)27)28-25(29-24(18)31)30-12-14-33-15-13-30/h4-5,7-9,32H,2,6,10-15H2,1,3H3/b5-4-,17-7+. The van der Waals surface area contributed by atoms with E-state index in [-0.39, 0.29) is 11.3 Å². The minimum atomic E-state index is -1.02. The smallest absolute Gasteiger partial charge is 0.228 e. The number of fused-ring (bicyclic) bond motifs is 1. The second kappa shape index (κ2) is 9.70. The molecule has 2 aliphatic rings. The first-order chi connectivity index (χ1) is 15.9. The molecule has 0 amide bonds. The molecule has 0 unspecified atom stereocenters. The van der Waals surface area contributed by atoms with Crippen molar-refractivity contribution in [1.29, 1.82) is 0 Å². The van der Waals surface area contributed by atoms with Gasteiger partial charge in [0.05, 0.1) is 24.5 Å². The van der Waals surface area contributed by atoms with Gasteiger partial charge in [0.25, 0.3) is 0 Å². The van der Waals surface area contributed by atoms with Gasteiger partial charge in [-0.3, -0.25) is 0 Å². The molecule has 0 bridgehead atoms. The van der Waals surface area contributed by atoms with Crippen molar-refractivity contribution in [3.8, 4) is 17.0 Å². The molecule has 0 aliphatic carbocycles. The van der Waals surface area contributed by atoms with Crippen LogP contribution in [0.4, 0.5) is 20.5 Å². The van der Waals surface area contributed by atoms with E-state index in [4.69, 9.17) is 9.72 Å². The third-order valence-electron chi connectivity index (χ3n) is 5.72. The quantitative estimate of drug-likeness (QED) is 0.502. The predicted molar refractivity (Wildman–Crippen MR) is 125 cm³/mol. The Bertz CT molecular complexity index is 1120. The number of allylic oxidation sites excluding steroid dienone is 4. The maximum Gasteiger partial charge on any atom is 0.228 e. The number of aromatic hydroxyl groups is 1. The number of aromatic nitrogens is 2. The summed E-state index contributed by atoms with van der Waals surface area (Å²) in [4.78, 5) is 13.4. The van der Waals surface area contributed by atoms with Crippen molar-refractivity contribution in [1.82, 2.24) is 9.97 Å². The van der Waals surface area contributed by atoms with Crippen LogP contribution in [0.5, 0.6) is 5.75 Å². The van der Waals surface area contributed by atoms with E-state index in [1.54, 1.807) is 0 Å². The molecule has 0 atom stereocenters. The van der Waals surface area contributed by atoms with E-state index in [2.05, 4.69) is 17.6 Å². The van der Waals surface area contributed by atoms with E-state index >= 15 is 0 Å². The monoisotopic (exact) mass is 454 g/mol. The minimum Gasteiger partial charge on any atom is -0.505 e. The second-order valence-corrected chi connectivity index (χ2v) is 8.22. The number of anilines is 2. The summed E-state index contributed by atoms with van der Waals surface area (Å²) >= 11 is 0. The molecule has 174 valence electrons. The Kier molecular flexibility index (Phi) is 6.74. The Hall–Kier alpha value is -3.26. The topological polar surface area (TPSA) is 61.7 Å². The van der Waals surface area contributed by atoms with Crippen LogP contribution < -0.4 is 9.80 Å². The van der Waals surface area contributed by atoms with Gasteiger partial charge in [0.15, 0.2) is 11.6 Å². The molecule has 3 heterocycles. The van der Waals surface area contributed by atoms with Gasteiger partial charge < -0.3 is 19.6 Å². The highest BCUT2D eigenvalue weighted by atomic mass is 19.1. The van der Waals surface area contributed by atoms with Crippen LogP contribution in [0.2, 0.25) is 0 Å². The van der Waals surface area contributed by atoms with Crippen molar-refractivity contribution in [3.05, 3.63) is 65.4 Å². The van der Waals surface area contributed by atoms with Crippen LogP contribution in [0.3, 0.4) is 0 Å². The van der Waals surface area contributed by atoms with Crippen LogP contribution >= 0.6 is 0 Å². The van der Waals surface area contributed by atoms with E-state index in [1.807, 2.05) is 35.8 Å². The zero-order valence-electron chi connectivity index (χ0n) is 18.9. The summed E-state index contributed by atoms with van der Waals surface area (Å²) in [5.74, 6) is -1.40. The number of phenolic OH excluding ortho intramolecular Hbond substituents is 1. The van der Waals surface area contributed by atoms with Crippen LogP contribution in [0.1, 0.15) is 25.8 Å². The van der Waals surface area contributed by atoms with Crippen LogP contribution in [-0.4, -0.2) is 47.9 Å². The molecule has 33 heavy (non-hydrogen) atoms.